The van der Waals surface area contributed by atoms with Crippen LogP contribution in [0.3, 0.4) is 0 Å². The number of likely N-dealkylation sites (tertiary alicyclic amines) is 1. The monoisotopic (exact) mass is 350 g/mol. The lowest BCUT2D eigenvalue weighted by Crippen LogP contribution is -2.54. The van der Waals surface area contributed by atoms with Gasteiger partial charge in [-0.25, -0.2) is 8.78 Å². The number of nitrogens with zero attached hydrogens (tertiary/aromatic N) is 1. The normalized spacial score (nSPS) is 14.2. The van der Waals surface area contributed by atoms with E-state index in [-0.39, 0.29) is 30.5 Å². The van der Waals surface area contributed by atoms with Crippen molar-refractivity contribution >= 4 is 29.1 Å². The number of rotatable bonds is 3. The Labute approximate surface area is 142 Å². The summed E-state index contributed by atoms with van der Waals surface area (Å²) in [6.45, 7) is 0.453. The van der Waals surface area contributed by atoms with Crippen molar-refractivity contribution in [1.82, 2.24) is 4.90 Å². The molecule has 4 nitrogen and oxygen atoms in total. The van der Waals surface area contributed by atoms with Gasteiger partial charge in [0, 0.05) is 29.4 Å². The highest BCUT2D eigenvalue weighted by Gasteiger charge is 2.36. The number of carbonyl (C=O) groups excluding carboxylic acids is 2. The van der Waals surface area contributed by atoms with Gasteiger partial charge in [0.15, 0.2) is 11.6 Å². The minimum Gasteiger partial charge on any atom is -0.337 e. The van der Waals surface area contributed by atoms with E-state index in [1.165, 1.54) is 11.0 Å². The second-order valence-electron chi connectivity index (χ2n) is 5.54. The molecule has 0 aromatic heterocycles. The number of benzene rings is 2. The van der Waals surface area contributed by atoms with Crippen molar-refractivity contribution in [2.45, 2.75) is 0 Å². The van der Waals surface area contributed by atoms with E-state index in [4.69, 9.17) is 11.6 Å². The van der Waals surface area contributed by atoms with Crippen LogP contribution in [0.1, 0.15) is 10.4 Å². The van der Waals surface area contributed by atoms with Crippen LogP contribution in [0, 0.1) is 17.6 Å². The first-order valence-corrected chi connectivity index (χ1v) is 7.62. The largest absolute Gasteiger partial charge is 0.337 e. The zero-order chi connectivity index (χ0) is 17.3. The Kier molecular flexibility index (Phi) is 4.49. The van der Waals surface area contributed by atoms with E-state index in [9.17, 15) is 18.4 Å². The molecular formula is C17H13ClF2N2O2. The quantitative estimate of drug-likeness (QED) is 0.923. The van der Waals surface area contributed by atoms with Crippen molar-refractivity contribution in [2.75, 3.05) is 18.4 Å². The second kappa shape index (κ2) is 6.57. The molecule has 7 heteroatoms. The minimum atomic E-state index is -1.07. The Bertz CT molecular complexity index is 807. The van der Waals surface area contributed by atoms with Gasteiger partial charge in [0.05, 0.1) is 5.92 Å². The summed E-state index contributed by atoms with van der Waals surface area (Å²) >= 11 is 5.85. The molecule has 0 bridgehead atoms. The molecule has 1 N–H and O–H groups in total. The van der Waals surface area contributed by atoms with Gasteiger partial charge in [0.25, 0.3) is 5.91 Å². The number of halogens is 3. The smallest absolute Gasteiger partial charge is 0.254 e. The van der Waals surface area contributed by atoms with Crippen LogP contribution < -0.4 is 5.32 Å². The summed E-state index contributed by atoms with van der Waals surface area (Å²) in [5.41, 5.74) is 0.639. The van der Waals surface area contributed by atoms with E-state index >= 15 is 0 Å². The van der Waals surface area contributed by atoms with Crippen molar-refractivity contribution in [2.24, 2.45) is 5.92 Å². The minimum absolute atomic E-state index is 0.0580. The predicted octanol–water partition coefficient (Wildman–Crippen LogP) is 3.33. The lowest BCUT2D eigenvalue weighted by Gasteiger charge is -2.38. The number of nitrogens with one attached hydrogen (secondary N) is 1. The third kappa shape index (κ3) is 3.38. The Hall–Kier alpha value is -2.47. The zero-order valence-corrected chi connectivity index (χ0v) is 13.2. The molecule has 24 heavy (non-hydrogen) atoms. The van der Waals surface area contributed by atoms with E-state index in [2.05, 4.69) is 5.32 Å². The van der Waals surface area contributed by atoms with Crippen LogP contribution in [-0.2, 0) is 4.79 Å². The molecular weight excluding hydrogens is 338 g/mol. The molecule has 1 aliphatic heterocycles. The van der Waals surface area contributed by atoms with Crippen molar-refractivity contribution in [3.63, 3.8) is 0 Å². The molecule has 0 saturated carbocycles. The van der Waals surface area contributed by atoms with Gasteiger partial charge in [0.2, 0.25) is 5.91 Å². The maximum atomic E-state index is 13.2. The van der Waals surface area contributed by atoms with Crippen LogP contribution >= 0.6 is 11.6 Å². The summed E-state index contributed by atoms with van der Waals surface area (Å²) in [4.78, 5) is 25.7. The van der Waals surface area contributed by atoms with Crippen LogP contribution in [0.4, 0.5) is 14.5 Å². The molecule has 1 saturated heterocycles. The molecule has 0 atom stereocenters. The lowest BCUT2D eigenvalue weighted by molar-refractivity contribution is -0.123. The first-order valence-electron chi connectivity index (χ1n) is 7.25. The maximum absolute atomic E-state index is 13.2. The highest BCUT2D eigenvalue weighted by molar-refractivity contribution is 6.30. The molecule has 1 heterocycles. The van der Waals surface area contributed by atoms with Gasteiger partial charge in [-0.15, -0.1) is 0 Å². The zero-order valence-electron chi connectivity index (χ0n) is 12.4. The summed E-state index contributed by atoms with van der Waals surface area (Å²) in [5, 5.41) is 3.24. The SMILES string of the molecule is O=C(Nc1cccc(Cl)c1)C1CN(C(=O)c2ccc(F)c(F)c2)C1. The van der Waals surface area contributed by atoms with Crippen LogP contribution in [0.15, 0.2) is 42.5 Å². The van der Waals surface area contributed by atoms with Crippen LogP contribution in [-0.4, -0.2) is 29.8 Å². The summed E-state index contributed by atoms with van der Waals surface area (Å²) in [5.74, 6) is -3.07. The van der Waals surface area contributed by atoms with Crippen molar-refractivity contribution in [1.29, 1.82) is 0 Å². The van der Waals surface area contributed by atoms with Gasteiger partial charge >= 0.3 is 0 Å². The van der Waals surface area contributed by atoms with E-state index in [0.717, 1.165) is 12.1 Å². The maximum Gasteiger partial charge on any atom is 0.254 e. The second-order valence-corrected chi connectivity index (χ2v) is 5.97. The van der Waals surface area contributed by atoms with E-state index in [1.54, 1.807) is 24.3 Å². The van der Waals surface area contributed by atoms with E-state index < -0.39 is 17.5 Å². The summed E-state index contributed by atoms with van der Waals surface area (Å²) in [7, 11) is 0. The molecule has 0 spiro atoms. The van der Waals surface area contributed by atoms with E-state index in [1.807, 2.05) is 0 Å². The van der Waals surface area contributed by atoms with Crippen molar-refractivity contribution in [3.05, 3.63) is 64.7 Å². The fourth-order valence-corrected chi connectivity index (χ4v) is 2.62. The highest BCUT2D eigenvalue weighted by Crippen LogP contribution is 2.22. The molecule has 1 aliphatic rings. The topological polar surface area (TPSA) is 49.4 Å². The number of hydrogen-bond donors (Lipinski definition) is 1. The number of anilines is 1. The van der Waals surface area contributed by atoms with Crippen molar-refractivity contribution < 1.29 is 18.4 Å². The molecule has 2 aromatic rings. The molecule has 0 aliphatic carbocycles. The van der Waals surface area contributed by atoms with Gasteiger partial charge in [-0.2, -0.15) is 0 Å². The van der Waals surface area contributed by atoms with Gasteiger partial charge in [-0.1, -0.05) is 17.7 Å². The summed E-state index contributed by atoms with van der Waals surface area (Å²) < 4.78 is 26.1. The average Bonchev–Trinajstić information content (AvgIpc) is 2.48. The van der Waals surface area contributed by atoms with Gasteiger partial charge in [0.1, 0.15) is 0 Å². The average molecular weight is 351 g/mol. The highest BCUT2D eigenvalue weighted by atomic mass is 35.5. The van der Waals surface area contributed by atoms with Gasteiger partial charge in [-0.3, -0.25) is 9.59 Å². The Morgan fingerprint density at radius 3 is 2.50 bits per heavy atom. The van der Waals surface area contributed by atoms with Gasteiger partial charge in [-0.05, 0) is 36.4 Å². The predicted molar refractivity (Wildman–Crippen MR) is 85.8 cm³/mol. The Balaban J connectivity index is 1.57. The number of hydrogen-bond acceptors (Lipinski definition) is 2. The third-order valence-corrected chi connectivity index (χ3v) is 4.03. The summed E-state index contributed by atoms with van der Waals surface area (Å²) in [6.07, 6.45) is 0. The first-order chi connectivity index (χ1) is 11.4. The van der Waals surface area contributed by atoms with Crippen LogP contribution in [0.2, 0.25) is 5.02 Å². The van der Waals surface area contributed by atoms with E-state index in [0.29, 0.717) is 10.7 Å². The Morgan fingerprint density at radius 2 is 1.83 bits per heavy atom. The Morgan fingerprint density at radius 1 is 1.08 bits per heavy atom. The number of amides is 2. The lowest BCUT2D eigenvalue weighted by atomic mass is 9.97. The van der Waals surface area contributed by atoms with Crippen LogP contribution in [0.25, 0.3) is 0 Å². The molecule has 2 aromatic carbocycles. The molecule has 0 unspecified atom stereocenters. The standard InChI is InChI=1S/C17H13ClF2N2O2/c18-12-2-1-3-13(7-12)21-16(23)11-8-22(9-11)17(24)10-4-5-14(19)15(20)6-10/h1-7,11H,8-9H2,(H,21,23). The first kappa shape index (κ1) is 16.4. The fraction of sp³-hybridized carbons (Fsp3) is 0.176. The summed E-state index contributed by atoms with van der Waals surface area (Å²) in [6, 6.07) is 9.75. The molecule has 2 amide bonds. The molecule has 1 fully saturated rings. The fourth-order valence-electron chi connectivity index (χ4n) is 2.43. The molecule has 124 valence electrons. The third-order valence-electron chi connectivity index (χ3n) is 3.80. The molecule has 0 radical (unpaired) electrons. The number of carbonyl (C=O) groups is 2. The molecule has 3 rings (SSSR count). The van der Waals surface area contributed by atoms with Crippen molar-refractivity contribution in [3.8, 4) is 0 Å². The van der Waals surface area contributed by atoms with Gasteiger partial charge < -0.3 is 10.2 Å². The van der Waals surface area contributed by atoms with Crippen LogP contribution in [0.5, 0.6) is 0 Å².